The van der Waals surface area contributed by atoms with Crippen LogP contribution in [0.1, 0.15) is 32.1 Å². The summed E-state index contributed by atoms with van der Waals surface area (Å²) in [5.74, 6) is -1.54. The van der Waals surface area contributed by atoms with Crippen molar-refractivity contribution in [3.05, 3.63) is 12.1 Å². The largest absolute Gasteiger partial charge is 0.487 e. The van der Waals surface area contributed by atoms with Gasteiger partial charge >= 0.3 is 5.97 Å². The van der Waals surface area contributed by atoms with Crippen LogP contribution in [0.4, 0.5) is 0 Å². The van der Waals surface area contributed by atoms with E-state index in [1.165, 1.54) is 17.5 Å². The van der Waals surface area contributed by atoms with Crippen LogP contribution in [-0.4, -0.2) is 43.0 Å². The SMILES string of the molecule is COc1ccc(S(=O)(=O)N2CC(C(=O)O)CCC23CCC3)s1. The zero-order chi connectivity index (χ0) is 16.0. The van der Waals surface area contributed by atoms with Crippen molar-refractivity contribution < 1.29 is 23.1 Å². The van der Waals surface area contributed by atoms with E-state index in [9.17, 15) is 18.3 Å². The van der Waals surface area contributed by atoms with Crippen LogP contribution < -0.4 is 4.74 Å². The lowest BCUT2D eigenvalue weighted by Gasteiger charge is -2.53. The fourth-order valence-electron chi connectivity index (χ4n) is 3.35. The molecule has 1 N–H and O–H groups in total. The molecule has 1 saturated heterocycles. The zero-order valence-electron chi connectivity index (χ0n) is 12.3. The first-order valence-electron chi connectivity index (χ1n) is 7.28. The number of carboxylic acids is 1. The molecule has 0 amide bonds. The Kier molecular flexibility index (Phi) is 3.94. The smallest absolute Gasteiger partial charge is 0.307 e. The third-order valence-electron chi connectivity index (χ3n) is 4.81. The molecule has 2 heterocycles. The van der Waals surface area contributed by atoms with Gasteiger partial charge in [0.15, 0.2) is 5.06 Å². The Morgan fingerprint density at radius 1 is 1.41 bits per heavy atom. The molecule has 2 aliphatic rings. The van der Waals surface area contributed by atoms with Crippen molar-refractivity contribution in [2.75, 3.05) is 13.7 Å². The van der Waals surface area contributed by atoms with Gasteiger partial charge in [-0.2, -0.15) is 4.31 Å². The van der Waals surface area contributed by atoms with Crippen LogP contribution in [0.2, 0.25) is 0 Å². The van der Waals surface area contributed by atoms with Gasteiger partial charge in [0.25, 0.3) is 10.0 Å². The first-order valence-corrected chi connectivity index (χ1v) is 9.54. The lowest BCUT2D eigenvalue weighted by Crippen LogP contribution is -2.60. The van der Waals surface area contributed by atoms with E-state index in [0.29, 0.717) is 17.9 Å². The average Bonchev–Trinajstić information content (AvgIpc) is 2.94. The summed E-state index contributed by atoms with van der Waals surface area (Å²) < 4.78 is 32.7. The van der Waals surface area contributed by atoms with E-state index in [-0.39, 0.29) is 16.3 Å². The summed E-state index contributed by atoms with van der Waals surface area (Å²) in [6.45, 7) is 0.0673. The number of hydrogen-bond acceptors (Lipinski definition) is 5. The van der Waals surface area contributed by atoms with Gasteiger partial charge in [-0.15, -0.1) is 0 Å². The van der Waals surface area contributed by atoms with Gasteiger partial charge in [0.2, 0.25) is 0 Å². The van der Waals surface area contributed by atoms with Gasteiger partial charge in [0.1, 0.15) is 4.21 Å². The monoisotopic (exact) mass is 345 g/mol. The molecule has 6 nitrogen and oxygen atoms in total. The number of sulfonamides is 1. The first kappa shape index (κ1) is 15.8. The van der Waals surface area contributed by atoms with E-state index in [1.54, 1.807) is 6.07 Å². The molecule has 8 heteroatoms. The Hall–Kier alpha value is -1.12. The summed E-state index contributed by atoms with van der Waals surface area (Å²) in [6.07, 6.45) is 3.82. The molecular weight excluding hydrogens is 326 g/mol. The summed E-state index contributed by atoms with van der Waals surface area (Å²) in [6, 6.07) is 3.17. The molecule has 1 saturated carbocycles. The molecule has 122 valence electrons. The molecular formula is C14H19NO5S2. The predicted octanol–water partition coefficient (Wildman–Crippen LogP) is 2.16. The Bertz CT molecular complexity index is 677. The van der Waals surface area contributed by atoms with E-state index in [0.717, 1.165) is 30.6 Å². The topological polar surface area (TPSA) is 83.9 Å². The maximum absolute atomic E-state index is 13.0. The van der Waals surface area contributed by atoms with Gasteiger partial charge in [-0.05, 0) is 44.2 Å². The van der Waals surface area contributed by atoms with Crippen molar-refractivity contribution >= 4 is 27.3 Å². The second-order valence-corrected chi connectivity index (χ2v) is 9.10. The fraction of sp³-hybridized carbons (Fsp3) is 0.643. The van der Waals surface area contributed by atoms with E-state index in [4.69, 9.17) is 4.74 Å². The normalized spacial score (nSPS) is 24.9. The molecule has 0 bridgehead atoms. The van der Waals surface area contributed by atoms with Crippen LogP contribution in [0, 0.1) is 5.92 Å². The lowest BCUT2D eigenvalue weighted by molar-refractivity contribution is -0.144. The Morgan fingerprint density at radius 2 is 2.14 bits per heavy atom. The molecule has 1 aliphatic heterocycles. The minimum absolute atomic E-state index is 0.0673. The Labute approximate surface area is 133 Å². The molecule has 0 aromatic carbocycles. The number of aliphatic carboxylic acids is 1. The van der Waals surface area contributed by atoms with Crippen LogP contribution >= 0.6 is 11.3 Å². The molecule has 3 rings (SSSR count). The standard InChI is InChI=1S/C14H19NO5S2/c1-20-11-3-4-12(21-11)22(18,19)15-9-10(13(16)17)5-8-14(15)6-2-7-14/h3-4,10H,2,5-9H2,1H3,(H,16,17). The van der Waals surface area contributed by atoms with Crippen molar-refractivity contribution in [2.24, 2.45) is 5.92 Å². The number of carbonyl (C=O) groups is 1. The first-order chi connectivity index (χ1) is 10.4. The van der Waals surface area contributed by atoms with Gasteiger partial charge in [-0.25, -0.2) is 8.42 Å². The van der Waals surface area contributed by atoms with E-state index in [1.807, 2.05) is 0 Å². The maximum atomic E-state index is 13.0. The van der Waals surface area contributed by atoms with Crippen molar-refractivity contribution in [1.29, 1.82) is 0 Å². The molecule has 1 unspecified atom stereocenters. The molecule has 0 radical (unpaired) electrons. The average molecular weight is 345 g/mol. The number of rotatable bonds is 4. The van der Waals surface area contributed by atoms with Gasteiger partial charge < -0.3 is 9.84 Å². The number of carboxylic acid groups (broad SMARTS) is 1. The van der Waals surface area contributed by atoms with Crippen LogP contribution in [0.5, 0.6) is 5.06 Å². The molecule has 2 fully saturated rings. The van der Waals surface area contributed by atoms with Crippen molar-refractivity contribution in [3.63, 3.8) is 0 Å². The highest BCUT2D eigenvalue weighted by molar-refractivity contribution is 7.91. The van der Waals surface area contributed by atoms with Crippen molar-refractivity contribution in [1.82, 2.24) is 4.31 Å². The molecule has 1 aromatic rings. The number of ether oxygens (including phenoxy) is 1. The number of hydrogen-bond donors (Lipinski definition) is 1. The van der Waals surface area contributed by atoms with E-state index in [2.05, 4.69) is 0 Å². The minimum atomic E-state index is -3.68. The van der Waals surface area contributed by atoms with Crippen molar-refractivity contribution in [3.8, 4) is 5.06 Å². The fourth-order valence-corrected chi connectivity index (χ4v) is 6.46. The second-order valence-electron chi connectivity index (χ2n) is 5.97. The summed E-state index contributed by atoms with van der Waals surface area (Å²) >= 11 is 1.08. The summed E-state index contributed by atoms with van der Waals surface area (Å²) in [4.78, 5) is 11.3. The second kappa shape index (κ2) is 5.50. The third-order valence-corrected chi connectivity index (χ3v) is 8.29. The number of piperidine rings is 1. The number of nitrogens with zero attached hydrogens (tertiary/aromatic N) is 1. The molecule has 1 atom stereocenters. The molecule has 1 aromatic heterocycles. The predicted molar refractivity (Wildman–Crippen MR) is 81.7 cm³/mol. The van der Waals surface area contributed by atoms with E-state index < -0.39 is 21.9 Å². The highest BCUT2D eigenvalue weighted by Crippen LogP contribution is 2.48. The number of methoxy groups -OCH3 is 1. The summed E-state index contributed by atoms with van der Waals surface area (Å²) in [5, 5.41) is 9.79. The highest BCUT2D eigenvalue weighted by atomic mass is 32.2. The molecule has 1 spiro atoms. The van der Waals surface area contributed by atoms with E-state index >= 15 is 0 Å². The minimum Gasteiger partial charge on any atom is -0.487 e. The number of thiophene rings is 1. The summed E-state index contributed by atoms with van der Waals surface area (Å²) in [5.41, 5.74) is -0.373. The quantitative estimate of drug-likeness (QED) is 0.904. The van der Waals surface area contributed by atoms with Crippen LogP contribution in [0.15, 0.2) is 16.3 Å². The Morgan fingerprint density at radius 3 is 2.64 bits per heavy atom. The Balaban J connectivity index is 1.95. The van der Waals surface area contributed by atoms with Gasteiger partial charge in [-0.1, -0.05) is 11.3 Å². The van der Waals surface area contributed by atoms with Gasteiger partial charge in [0.05, 0.1) is 13.0 Å². The zero-order valence-corrected chi connectivity index (χ0v) is 14.0. The van der Waals surface area contributed by atoms with Gasteiger partial charge in [0, 0.05) is 12.1 Å². The van der Waals surface area contributed by atoms with Crippen LogP contribution in [-0.2, 0) is 14.8 Å². The van der Waals surface area contributed by atoms with Crippen molar-refractivity contribution in [2.45, 2.75) is 41.9 Å². The molecule has 22 heavy (non-hydrogen) atoms. The van der Waals surface area contributed by atoms with Crippen LogP contribution in [0.25, 0.3) is 0 Å². The van der Waals surface area contributed by atoms with Gasteiger partial charge in [-0.3, -0.25) is 4.79 Å². The maximum Gasteiger partial charge on any atom is 0.307 e. The summed E-state index contributed by atoms with van der Waals surface area (Å²) in [7, 11) is -2.18. The van der Waals surface area contributed by atoms with Crippen LogP contribution in [0.3, 0.4) is 0 Å². The third kappa shape index (κ3) is 2.43. The lowest BCUT2D eigenvalue weighted by atomic mass is 9.70. The molecule has 1 aliphatic carbocycles. The highest BCUT2D eigenvalue weighted by Gasteiger charge is 2.52.